The summed E-state index contributed by atoms with van der Waals surface area (Å²) in [6.07, 6.45) is 1.31. The monoisotopic (exact) mass is 445 g/mol. The van der Waals surface area contributed by atoms with Gasteiger partial charge in [-0.1, -0.05) is 12.1 Å². The maximum absolute atomic E-state index is 14.3. The smallest absolute Gasteiger partial charge is 0.335 e. The Balaban J connectivity index is 0.00000341. The van der Waals surface area contributed by atoms with E-state index in [1.165, 1.54) is 17.0 Å². The lowest BCUT2D eigenvalue weighted by Crippen LogP contribution is -2.21. The summed E-state index contributed by atoms with van der Waals surface area (Å²) in [5.41, 5.74) is 9.08. The number of hydrogen-bond acceptors (Lipinski definition) is 3. The van der Waals surface area contributed by atoms with Crippen LogP contribution in [0.2, 0.25) is 0 Å². The zero-order valence-electron chi connectivity index (χ0n) is 17.6. The minimum Gasteiger partial charge on any atom is -0.478 e. The van der Waals surface area contributed by atoms with Crippen molar-refractivity contribution in [2.75, 3.05) is 20.6 Å². The van der Waals surface area contributed by atoms with Crippen molar-refractivity contribution in [1.29, 1.82) is 0 Å². The lowest BCUT2D eigenvalue weighted by Gasteiger charge is -2.12. The number of aromatic carboxylic acids is 1. The molecule has 0 bridgehead atoms. The first-order chi connectivity index (χ1) is 14.2. The molecule has 8 heteroatoms. The average molecular weight is 446 g/mol. The van der Waals surface area contributed by atoms with Crippen LogP contribution in [0.15, 0.2) is 54.4 Å². The van der Waals surface area contributed by atoms with Gasteiger partial charge in [0.25, 0.3) is 5.91 Å². The predicted molar refractivity (Wildman–Crippen MR) is 123 cm³/mol. The van der Waals surface area contributed by atoms with Gasteiger partial charge in [-0.3, -0.25) is 4.79 Å². The fourth-order valence-corrected chi connectivity index (χ4v) is 3.59. The van der Waals surface area contributed by atoms with Crippen LogP contribution in [0.5, 0.6) is 0 Å². The number of aromatic nitrogens is 1. The minimum atomic E-state index is -1.04. The van der Waals surface area contributed by atoms with Crippen molar-refractivity contribution < 1.29 is 19.1 Å². The van der Waals surface area contributed by atoms with Crippen molar-refractivity contribution in [3.8, 4) is 11.1 Å². The molecule has 0 unspecified atom stereocenters. The number of amides is 1. The van der Waals surface area contributed by atoms with E-state index >= 15 is 0 Å². The number of rotatable bonds is 6. The molecule has 3 rings (SSSR count). The van der Waals surface area contributed by atoms with Gasteiger partial charge >= 0.3 is 5.97 Å². The van der Waals surface area contributed by atoms with Crippen LogP contribution >= 0.6 is 12.4 Å². The molecule has 1 amide bonds. The van der Waals surface area contributed by atoms with Crippen LogP contribution in [0.1, 0.15) is 26.4 Å². The van der Waals surface area contributed by atoms with E-state index in [0.29, 0.717) is 16.5 Å². The van der Waals surface area contributed by atoms with Crippen LogP contribution in [0.3, 0.4) is 0 Å². The van der Waals surface area contributed by atoms with Crippen molar-refractivity contribution >= 4 is 35.2 Å². The lowest BCUT2D eigenvalue weighted by molar-refractivity contribution is 0.0696. The number of allylic oxidation sites excluding steroid dienone is 1. The molecule has 0 aliphatic heterocycles. The molecule has 0 atom stereocenters. The van der Waals surface area contributed by atoms with Crippen molar-refractivity contribution in [3.63, 3.8) is 0 Å². The van der Waals surface area contributed by atoms with E-state index < -0.39 is 5.97 Å². The number of fused-ring (bicyclic) bond motifs is 1. The first-order valence-electron chi connectivity index (χ1n) is 9.47. The highest BCUT2D eigenvalue weighted by Crippen LogP contribution is 2.36. The number of hydrogen-bond donors (Lipinski definition) is 2. The van der Waals surface area contributed by atoms with E-state index in [4.69, 9.17) is 5.73 Å². The Morgan fingerprint density at radius 3 is 2.48 bits per heavy atom. The van der Waals surface area contributed by atoms with Crippen LogP contribution in [-0.4, -0.2) is 47.1 Å². The number of nitrogens with zero attached hydrogens (tertiary/aromatic N) is 2. The van der Waals surface area contributed by atoms with Gasteiger partial charge < -0.3 is 20.3 Å². The van der Waals surface area contributed by atoms with Gasteiger partial charge in [0.1, 0.15) is 5.83 Å². The molecule has 0 radical (unpaired) electrons. The molecule has 2 aromatic carbocycles. The summed E-state index contributed by atoms with van der Waals surface area (Å²) in [7, 11) is 3.36. The standard InChI is InChI=1S/C23H24FN3O3.ClH/c1-14-21(15-5-4-6-16(11-15)22(28)26(2)3)19-12-17(23(29)30)7-8-20(19)27(14)13-18(24)9-10-25;/h4-9,11-12H,10,13,25H2,1-3H3,(H,29,30);1H/b18-9-;. The second-order valence-electron chi connectivity index (χ2n) is 7.25. The van der Waals surface area contributed by atoms with Gasteiger partial charge in [-0.25, -0.2) is 9.18 Å². The Kier molecular flexibility index (Phi) is 7.60. The van der Waals surface area contributed by atoms with Crippen molar-refractivity contribution in [2.24, 2.45) is 5.73 Å². The van der Waals surface area contributed by atoms with E-state index in [9.17, 15) is 19.1 Å². The SMILES string of the molecule is Cc1c(-c2cccc(C(=O)N(C)C)c2)c2cc(C(=O)O)ccc2n1C/C(F)=C/CN.Cl. The summed E-state index contributed by atoms with van der Waals surface area (Å²) in [5, 5.41) is 10.1. The zero-order valence-corrected chi connectivity index (χ0v) is 18.4. The van der Waals surface area contributed by atoms with Crippen molar-refractivity contribution in [3.05, 3.63) is 71.2 Å². The Hall–Kier alpha value is -3.16. The third-order valence-corrected chi connectivity index (χ3v) is 5.02. The van der Waals surface area contributed by atoms with E-state index in [1.54, 1.807) is 49.0 Å². The fourth-order valence-electron chi connectivity index (χ4n) is 3.59. The van der Waals surface area contributed by atoms with Gasteiger partial charge in [0.05, 0.1) is 12.1 Å². The van der Waals surface area contributed by atoms with E-state index in [1.807, 2.05) is 13.0 Å². The summed E-state index contributed by atoms with van der Waals surface area (Å²) in [5.74, 6) is -1.55. The second kappa shape index (κ2) is 9.76. The van der Waals surface area contributed by atoms with Gasteiger partial charge in [0.2, 0.25) is 0 Å². The Morgan fingerprint density at radius 1 is 1.16 bits per heavy atom. The molecule has 0 fully saturated rings. The molecular weight excluding hydrogens is 421 g/mol. The third kappa shape index (κ3) is 4.78. The average Bonchev–Trinajstić information content (AvgIpc) is 2.98. The quantitative estimate of drug-likeness (QED) is 0.593. The summed E-state index contributed by atoms with van der Waals surface area (Å²) in [6.45, 7) is 1.93. The first-order valence-corrected chi connectivity index (χ1v) is 9.47. The Morgan fingerprint density at radius 2 is 1.87 bits per heavy atom. The van der Waals surface area contributed by atoms with Crippen molar-refractivity contribution in [2.45, 2.75) is 13.5 Å². The summed E-state index contributed by atoms with van der Waals surface area (Å²) in [6, 6.07) is 11.9. The number of halogens is 2. The number of carboxylic acid groups (broad SMARTS) is 1. The van der Waals surface area contributed by atoms with Crippen LogP contribution < -0.4 is 5.73 Å². The molecular formula is C23H25ClFN3O3. The van der Waals surface area contributed by atoms with Gasteiger partial charge in [-0.15, -0.1) is 12.4 Å². The number of benzene rings is 2. The topological polar surface area (TPSA) is 88.6 Å². The normalized spacial score (nSPS) is 11.3. The molecule has 3 aromatic rings. The van der Waals surface area contributed by atoms with E-state index in [-0.39, 0.29) is 42.8 Å². The van der Waals surface area contributed by atoms with Crippen LogP contribution in [0.4, 0.5) is 4.39 Å². The summed E-state index contributed by atoms with van der Waals surface area (Å²) >= 11 is 0. The van der Waals surface area contributed by atoms with Gasteiger partial charge in [0, 0.05) is 48.4 Å². The molecule has 0 aliphatic carbocycles. The number of carbonyl (C=O) groups excluding carboxylic acids is 1. The Labute approximate surface area is 186 Å². The van der Waals surface area contributed by atoms with Crippen LogP contribution in [0.25, 0.3) is 22.0 Å². The molecule has 6 nitrogen and oxygen atoms in total. The predicted octanol–water partition coefficient (Wildman–Crippen LogP) is 4.25. The second-order valence-corrected chi connectivity index (χ2v) is 7.25. The summed E-state index contributed by atoms with van der Waals surface area (Å²) < 4.78 is 16.1. The third-order valence-electron chi connectivity index (χ3n) is 5.02. The molecule has 0 saturated carbocycles. The molecule has 0 saturated heterocycles. The molecule has 1 aromatic heterocycles. The van der Waals surface area contributed by atoms with E-state index in [0.717, 1.165) is 16.8 Å². The van der Waals surface area contributed by atoms with Gasteiger partial charge in [-0.2, -0.15) is 0 Å². The maximum Gasteiger partial charge on any atom is 0.335 e. The number of carboxylic acids is 1. The van der Waals surface area contributed by atoms with Gasteiger partial charge in [0.15, 0.2) is 0 Å². The van der Waals surface area contributed by atoms with Crippen molar-refractivity contribution in [1.82, 2.24) is 9.47 Å². The highest BCUT2D eigenvalue weighted by Gasteiger charge is 2.19. The van der Waals surface area contributed by atoms with Crippen LogP contribution in [-0.2, 0) is 6.54 Å². The highest BCUT2D eigenvalue weighted by atomic mass is 35.5. The molecule has 0 spiro atoms. The zero-order chi connectivity index (χ0) is 22.0. The molecule has 164 valence electrons. The largest absolute Gasteiger partial charge is 0.478 e. The number of nitrogens with two attached hydrogens (primary N) is 1. The first kappa shape index (κ1) is 24.1. The minimum absolute atomic E-state index is 0. The number of carbonyl (C=O) groups is 2. The molecule has 3 N–H and O–H groups in total. The summed E-state index contributed by atoms with van der Waals surface area (Å²) in [4.78, 5) is 25.4. The molecule has 1 heterocycles. The van der Waals surface area contributed by atoms with Crippen LogP contribution in [0, 0.1) is 6.92 Å². The highest BCUT2D eigenvalue weighted by molar-refractivity contribution is 6.03. The lowest BCUT2D eigenvalue weighted by atomic mass is 9.99. The van der Waals surface area contributed by atoms with E-state index in [2.05, 4.69) is 0 Å². The molecule has 0 aliphatic rings. The molecule has 31 heavy (non-hydrogen) atoms. The fraction of sp³-hybridized carbons (Fsp3) is 0.217. The Bertz CT molecular complexity index is 1170. The van der Waals surface area contributed by atoms with Gasteiger partial charge in [-0.05, 0) is 48.9 Å². The maximum atomic E-state index is 14.3.